The number of nitrogens with one attached hydrogen (secondary N) is 6. The van der Waals surface area contributed by atoms with Gasteiger partial charge in [-0.2, -0.15) is 0 Å². The molecule has 0 aliphatic carbocycles. The van der Waals surface area contributed by atoms with Crippen LogP contribution in [0.2, 0.25) is 0 Å². The van der Waals surface area contributed by atoms with Crippen molar-refractivity contribution in [1.29, 1.82) is 0 Å². The zero-order chi connectivity index (χ0) is 39.5. The van der Waals surface area contributed by atoms with Crippen LogP contribution in [-0.2, 0) is 40.0 Å². The molecule has 0 aromatic heterocycles. The van der Waals surface area contributed by atoms with E-state index in [2.05, 4.69) is 31.9 Å². The third-order valence-corrected chi connectivity index (χ3v) is 7.97. The first-order valence-electron chi connectivity index (χ1n) is 17.5. The van der Waals surface area contributed by atoms with Crippen molar-refractivity contribution < 1.29 is 43.8 Å². The van der Waals surface area contributed by atoms with E-state index >= 15 is 0 Å². The predicted octanol–water partition coefficient (Wildman–Crippen LogP) is -1.73. The van der Waals surface area contributed by atoms with E-state index in [0.29, 0.717) is 18.4 Å². The number of benzene rings is 1. The highest BCUT2D eigenvalue weighted by molar-refractivity contribution is 5.94. The summed E-state index contributed by atoms with van der Waals surface area (Å²) in [7, 11) is 0. The van der Waals surface area contributed by atoms with Gasteiger partial charge in [0.25, 0.3) is 0 Å². The average molecular weight is 735 g/mol. The molecule has 1 aromatic rings. The van der Waals surface area contributed by atoms with Crippen LogP contribution < -0.4 is 43.4 Å². The van der Waals surface area contributed by atoms with Crippen LogP contribution >= 0.6 is 0 Å². The van der Waals surface area contributed by atoms with Crippen molar-refractivity contribution >= 4 is 41.4 Å². The fourth-order valence-corrected chi connectivity index (χ4v) is 5.10. The van der Waals surface area contributed by atoms with Crippen molar-refractivity contribution in [1.82, 2.24) is 31.9 Å². The number of carbonyl (C=O) groups is 7. The molecular formula is C35H58N8O9. The van der Waals surface area contributed by atoms with E-state index in [0.717, 1.165) is 0 Å². The molecule has 6 atom stereocenters. The van der Waals surface area contributed by atoms with Gasteiger partial charge in [0, 0.05) is 19.0 Å². The van der Waals surface area contributed by atoms with Crippen molar-refractivity contribution in [3.05, 3.63) is 35.9 Å². The molecule has 0 saturated carbocycles. The number of hydrogen-bond donors (Lipinski definition) is 10. The zero-order valence-corrected chi connectivity index (χ0v) is 30.9. The second-order valence-electron chi connectivity index (χ2n) is 14.0. The molecule has 1 aromatic carbocycles. The Hall–Kier alpha value is -4.61. The monoisotopic (exact) mass is 734 g/mol. The number of nitrogens with two attached hydrogens (primary N) is 2. The number of carbonyl (C=O) groups excluding carboxylic acids is 6. The third-order valence-electron chi connectivity index (χ3n) is 7.97. The van der Waals surface area contributed by atoms with Crippen LogP contribution in [0.15, 0.2) is 30.3 Å². The summed E-state index contributed by atoms with van der Waals surface area (Å²) in [5, 5.41) is 34.8. The molecule has 6 amide bonds. The summed E-state index contributed by atoms with van der Waals surface area (Å²) in [5.74, 6) is -5.42. The van der Waals surface area contributed by atoms with E-state index in [1.54, 1.807) is 30.3 Å². The lowest BCUT2D eigenvalue weighted by atomic mass is 10.00. The van der Waals surface area contributed by atoms with Gasteiger partial charge in [0.05, 0.1) is 25.6 Å². The minimum absolute atomic E-state index is 0.0458. The van der Waals surface area contributed by atoms with Crippen molar-refractivity contribution in [2.45, 2.75) is 103 Å². The van der Waals surface area contributed by atoms with Crippen molar-refractivity contribution in [2.75, 3.05) is 19.7 Å². The molecule has 0 aliphatic rings. The number of aliphatic carboxylic acids is 1. The van der Waals surface area contributed by atoms with E-state index in [1.165, 1.54) is 0 Å². The van der Waals surface area contributed by atoms with Crippen molar-refractivity contribution in [3.8, 4) is 0 Å². The lowest BCUT2D eigenvalue weighted by Gasteiger charge is -2.28. The van der Waals surface area contributed by atoms with Crippen molar-refractivity contribution in [2.24, 2.45) is 29.2 Å². The summed E-state index contributed by atoms with van der Waals surface area (Å²) in [5.41, 5.74) is 11.8. The van der Waals surface area contributed by atoms with E-state index in [-0.39, 0.29) is 37.3 Å². The number of hydrogen-bond acceptors (Lipinski definition) is 10. The maximum Gasteiger partial charge on any atom is 0.305 e. The molecule has 292 valence electrons. The predicted molar refractivity (Wildman–Crippen MR) is 193 cm³/mol. The zero-order valence-electron chi connectivity index (χ0n) is 30.9. The molecule has 0 radical (unpaired) electrons. The molecule has 0 heterocycles. The number of carboxylic acid groups (broad SMARTS) is 1. The number of amides is 6. The molecule has 0 fully saturated rings. The minimum Gasteiger partial charge on any atom is -0.481 e. The van der Waals surface area contributed by atoms with Gasteiger partial charge in [-0.15, -0.1) is 0 Å². The summed E-state index contributed by atoms with van der Waals surface area (Å²) >= 11 is 0. The van der Waals surface area contributed by atoms with Crippen LogP contribution in [-0.4, -0.2) is 108 Å². The molecule has 0 unspecified atom stereocenters. The normalized spacial score (nSPS) is 14.8. The van der Waals surface area contributed by atoms with Crippen LogP contribution in [0, 0.1) is 17.8 Å². The van der Waals surface area contributed by atoms with Gasteiger partial charge in [-0.3, -0.25) is 33.6 Å². The Morgan fingerprint density at radius 3 is 1.73 bits per heavy atom. The summed E-state index contributed by atoms with van der Waals surface area (Å²) in [6.07, 6.45) is 0.0301. The van der Waals surface area contributed by atoms with Crippen molar-refractivity contribution in [3.63, 3.8) is 0 Å². The standard InChI is InChI=1S/C35H58N8O9/c1-19(2)12-24(31(37)48)40-33(50)25(13-20(3)4)39-29(45)17-38-16-27(21(5)6)42-34(51)26(14-22-10-8-7-9-11-22)41-35(52)28(18-44)43-32(49)23(36)15-30(46)47/h7-11,19-21,23-28,38,44H,12-18,36H2,1-6H3,(H2,37,48)(H,39,45)(H,40,50)(H,41,52)(H,42,51)(H,43,49)(H,46,47)/t23-,24-,25-,26-,27+,28-/m0/s1. The van der Waals surface area contributed by atoms with E-state index in [1.807, 2.05) is 41.5 Å². The molecule has 17 heteroatoms. The summed E-state index contributed by atoms with van der Waals surface area (Å²) < 4.78 is 0. The highest BCUT2D eigenvalue weighted by atomic mass is 16.4. The molecule has 12 N–H and O–H groups in total. The Morgan fingerprint density at radius 1 is 0.692 bits per heavy atom. The first-order valence-corrected chi connectivity index (χ1v) is 17.5. The van der Waals surface area contributed by atoms with E-state index < -0.39 is 90.7 Å². The van der Waals surface area contributed by atoms with Crippen LogP contribution in [0.1, 0.15) is 66.4 Å². The number of primary amides is 1. The lowest BCUT2D eigenvalue weighted by molar-refractivity contribution is -0.140. The molecule has 17 nitrogen and oxygen atoms in total. The van der Waals surface area contributed by atoms with Gasteiger partial charge in [-0.25, -0.2) is 0 Å². The Morgan fingerprint density at radius 2 is 1.21 bits per heavy atom. The Balaban J connectivity index is 2.99. The number of aliphatic hydroxyl groups is 1. The Labute approximate surface area is 305 Å². The third kappa shape index (κ3) is 17.5. The van der Waals surface area contributed by atoms with Gasteiger partial charge < -0.3 is 53.6 Å². The minimum atomic E-state index is -1.52. The summed E-state index contributed by atoms with van der Waals surface area (Å²) in [6.45, 7) is 10.4. The smallest absolute Gasteiger partial charge is 0.305 e. The van der Waals surface area contributed by atoms with Gasteiger partial charge in [-0.1, -0.05) is 71.9 Å². The number of rotatable bonds is 24. The molecule has 0 bridgehead atoms. The summed E-state index contributed by atoms with van der Waals surface area (Å²) in [6, 6.07) is 2.36. The topological polar surface area (TPSA) is 284 Å². The van der Waals surface area contributed by atoms with E-state index in [4.69, 9.17) is 16.6 Å². The van der Waals surface area contributed by atoms with Gasteiger partial charge >= 0.3 is 5.97 Å². The van der Waals surface area contributed by atoms with Crippen LogP contribution in [0.25, 0.3) is 0 Å². The maximum absolute atomic E-state index is 13.6. The highest BCUT2D eigenvalue weighted by Crippen LogP contribution is 2.10. The molecule has 0 saturated heterocycles. The Kier molecular flexibility index (Phi) is 20.1. The SMILES string of the molecule is CC(C)C[C@H](NC(=O)[C@H](CC(C)C)NC(=O)CNC[C@@H](NC(=O)[C@H](Cc1ccccc1)NC(=O)[C@H](CO)NC(=O)[C@@H](N)CC(=O)O)C(C)C)C(N)=O. The van der Waals surface area contributed by atoms with Gasteiger partial charge in [-0.05, 0) is 36.2 Å². The molecule has 52 heavy (non-hydrogen) atoms. The van der Waals surface area contributed by atoms with Gasteiger partial charge in [0.15, 0.2) is 0 Å². The number of carboxylic acids is 1. The maximum atomic E-state index is 13.6. The van der Waals surface area contributed by atoms with Gasteiger partial charge in [0.2, 0.25) is 35.4 Å². The second-order valence-corrected chi connectivity index (χ2v) is 14.0. The fraction of sp³-hybridized carbons (Fsp3) is 0.629. The second kappa shape index (κ2) is 23.1. The van der Waals surface area contributed by atoms with Crippen LogP contribution in [0.5, 0.6) is 0 Å². The fourth-order valence-electron chi connectivity index (χ4n) is 5.10. The largest absolute Gasteiger partial charge is 0.481 e. The van der Waals surface area contributed by atoms with Gasteiger partial charge in [0.1, 0.15) is 24.2 Å². The average Bonchev–Trinajstić information content (AvgIpc) is 3.05. The first-order chi connectivity index (χ1) is 24.3. The first kappa shape index (κ1) is 45.4. The summed E-state index contributed by atoms with van der Waals surface area (Å²) in [4.78, 5) is 87.9. The Bertz CT molecular complexity index is 1340. The van der Waals surface area contributed by atoms with E-state index in [9.17, 15) is 38.7 Å². The molecule has 1 rings (SSSR count). The molecule has 0 spiro atoms. The van der Waals surface area contributed by atoms with Crippen LogP contribution in [0.3, 0.4) is 0 Å². The quantitative estimate of drug-likeness (QED) is 0.0570. The number of aliphatic hydroxyl groups excluding tert-OH is 1. The lowest BCUT2D eigenvalue weighted by Crippen LogP contribution is -2.59. The van der Waals surface area contributed by atoms with Crippen LogP contribution in [0.4, 0.5) is 0 Å². The molecule has 0 aliphatic heterocycles. The molecular weight excluding hydrogens is 676 g/mol. The highest BCUT2D eigenvalue weighted by Gasteiger charge is 2.31.